The summed E-state index contributed by atoms with van der Waals surface area (Å²) in [5.74, 6) is -0.00527. The smallest absolute Gasteiger partial charge is 0.418 e. The van der Waals surface area contributed by atoms with Crippen molar-refractivity contribution in [3.8, 4) is 0 Å². The van der Waals surface area contributed by atoms with Crippen LogP contribution in [-0.4, -0.2) is 79.2 Å². The van der Waals surface area contributed by atoms with Crippen LogP contribution in [0.3, 0.4) is 0 Å². The molecule has 0 aromatic rings. The highest BCUT2D eigenvalue weighted by Gasteiger charge is 2.50. The van der Waals surface area contributed by atoms with Gasteiger partial charge in [-0.3, -0.25) is 9.69 Å². The van der Waals surface area contributed by atoms with E-state index in [1.54, 1.807) is 32.7 Å². The molecule has 0 bridgehead atoms. The highest BCUT2D eigenvalue weighted by Crippen LogP contribution is 2.36. The zero-order valence-electron chi connectivity index (χ0n) is 15.4. The number of urea groups is 1. The van der Waals surface area contributed by atoms with Crippen LogP contribution < -0.4 is 5.32 Å². The summed E-state index contributed by atoms with van der Waals surface area (Å²) in [5, 5.41) is 2.65. The van der Waals surface area contributed by atoms with Gasteiger partial charge in [0.15, 0.2) is 0 Å². The van der Waals surface area contributed by atoms with E-state index < -0.39 is 17.6 Å². The van der Waals surface area contributed by atoms with E-state index in [0.717, 1.165) is 12.8 Å². The fourth-order valence-electron chi connectivity index (χ4n) is 4.04. The number of nitrogens with zero attached hydrogens (tertiary/aromatic N) is 2. The van der Waals surface area contributed by atoms with Crippen molar-refractivity contribution in [3.63, 3.8) is 0 Å². The van der Waals surface area contributed by atoms with Gasteiger partial charge in [0.05, 0.1) is 6.61 Å². The van der Waals surface area contributed by atoms with Crippen LogP contribution in [0.5, 0.6) is 0 Å². The quantitative estimate of drug-likeness (QED) is 0.700. The number of carbonyl (C=O) groups is 2. The molecule has 2 unspecified atom stereocenters. The molecule has 1 N–H and O–H groups in total. The van der Waals surface area contributed by atoms with E-state index in [2.05, 4.69) is 5.32 Å². The lowest BCUT2D eigenvalue weighted by molar-refractivity contribution is -0.159. The maximum atomic E-state index is 12.6. The highest BCUT2D eigenvalue weighted by molar-refractivity contribution is 5.78. The van der Waals surface area contributed by atoms with E-state index in [1.807, 2.05) is 4.90 Å². The summed E-state index contributed by atoms with van der Waals surface area (Å²) in [6.07, 6.45) is 1.84. The Morgan fingerprint density at radius 1 is 1.32 bits per heavy atom. The molecule has 2 saturated heterocycles. The van der Waals surface area contributed by atoms with Crippen LogP contribution >= 0.6 is 0 Å². The largest absolute Gasteiger partial charge is 0.465 e. The molecule has 0 aromatic heterocycles. The predicted octanol–water partition coefficient (Wildman–Crippen LogP) is 0.516. The second kappa shape index (κ2) is 8.03. The molecule has 8 heteroatoms. The van der Waals surface area contributed by atoms with E-state index >= 15 is 0 Å². The first-order chi connectivity index (χ1) is 11.9. The number of hydrogen-bond donors (Lipinski definition) is 1. The lowest BCUT2D eigenvalue weighted by Gasteiger charge is -2.43. The fraction of sp³-hybridized carbons (Fsp3) is 0.824. The van der Waals surface area contributed by atoms with E-state index in [1.165, 1.54) is 6.47 Å². The molecule has 8 nitrogen and oxygen atoms in total. The number of esters is 1. The first-order valence-corrected chi connectivity index (χ1v) is 8.79. The molecule has 3 atom stereocenters. The van der Waals surface area contributed by atoms with Crippen molar-refractivity contribution in [2.75, 3.05) is 33.3 Å². The molecule has 2 heterocycles. The molecular formula is C17H28N3O5. The van der Waals surface area contributed by atoms with Crippen LogP contribution in [0, 0.1) is 5.92 Å². The molecular weight excluding hydrogens is 326 g/mol. The van der Waals surface area contributed by atoms with Gasteiger partial charge in [0.25, 0.3) is 0 Å². The summed E-state index contributed by atoms with van der Waals surface area (Å²) < 4.78 is 10.3. The molecule has 0 saturated carbocycles. The van der Waals surface area contributed by atoms with Gasteiger partial charge in [-0.05, 0) is 46.1 Å². The Bertz CT molecular complexity index is 511. The van der Waals surface area contributed by atoms with Crippen LogP contribution in [0.1, 0.15) is 33.6 Å². The number of carbonyl (C=O) groups excluding carboxylic acids is 3. The number of ether oxygens (including phenoxy) is 2. The van der Waals surface area contributed by atoms with E-state index in [4.69, 9.17) is 9.47 Å². The normalized spacial score (nSPS) is 25.0. The van der Waals surface area contributed by atoms with Gasteiger partial charge < -0.3 is 19.7 Å². The van der Waals surface area contributed by atoms with Gasteiger partial charge in [0, 0.05) is 26.2 Å². The Kier molecular flexibility index (Phi) is 6.26. The van der Waals surface area contributed by atoms with E-state index in [0.29, 0.717) is 25.6 Å². The minimum Gasteiger partial charge on any atom is -0.465 e. The second-order valence-electron chi connectivity index (χ2n) is 7.09. The maximum absolute atomic E-state index is 12.6. The number of likely N-dealkylation sites (tertiary alicyclic amines) is 2. The topological polar surface area (TPSA) is 88.2 Å². The van der Waals surface area contributed by atoms with Crippen LogP contribution in [0.4, 0.5) is 4.79 Å². The Morgan fingerprint density at radius 3 is 2.60 bits per heavy atom. The number of hydrogen-bond acceptors (Lipinski definition) is 6. The van der Waals surface area contributed by atoms with Crippen molar-refractivity contribution in [1.29, 1.82) is 0 Å². The molecule has 0 spiro atoms. The highest BCUT2D eigenvalue weighted by atomic mass is 16.6. The number of nitrogens with one attached hydrogen (secondary N) is 1. The summed E-state index contributed by atoms with van der Waals surface area (Å²) in [6.45, 7) is 8.78. The Morgan fingerprint density at radius 2 is 2.00 bits per heavy atom. The first kappa shape index (κ1) is 19.5. The molecule has 2 rings (SSSR count). The number of fused-ring (bicyclic) bond motifs is 1. The Balaban J connectivity index is 2.25. The lowest BCUT2D eigenvalue weighted by atomic mass is 9.90. The average molecular weight is 354 g/mol. The lowest BCUT2D eigenvalue weighted by Crippen LogP contribution is -2.61. The summed E-state index contributed by atoms with van der Waals surface area (Å²) in [4.78, 5) is 39.2. The van der Waals surface area contributed by atoms with Gasteiger partial charge >= 0.3 is 18.5 Å². The van der Waals surface area contributed by atoms with Crippen molar-refractivity contribution in [3.05, 3.63) is 0 Å². The van der Waals surface area contributed by atoms with Gasteiger partial charge in [0.1, 0.15) is 11.6 Å². The van der Waals surface area contributed by atoms with Gasteiger partial charge in [-0.2, -0.15) is 0 Å². The zero-order chi connectivity index (χ0) is 18.6. The second-order valence-corrected chi connectivity index (χ2v) is 7.09. The SMILES string of the molecule is CCOC(=O)[C@@H](N1CCC2CCN(C(=O)NC)CC21)C(C)(C)O[C]=O. The molecule has 2 fully saturated rings. The third-order valence-corrected chi connectivity index (χ3v) is 5.21. The molecule has 2 aliphatic heterocycles. The van der Waals surface area contributed by atoms with Gasteiger partial charge in [0.2, 0.25) is 0 Å². The minimum atomic E-state index is -1.07. The van der Waals surface area contributed by atoms with Crippen LogP contribution in [0.2, 0.25) is 0 Å². The molecule has 2 aliphatic rings. The molecule has 0 aromatic carbocycles. The number of piperidine rings is 1. The molecule has 25 heavy (non-hydrogen) atoms. The molecule has 2 amide bonds. The van der Waals surface area contributed by atoms with E-state index in [9.17, 15) is 14.4 Å². The van der Waals surface area contributed by atoms with Crippen molar-refractivity contribution in [1.82, 2.24) is 15.1 Å². The Labute approximate surface area is 148 Å². The van der Waals surface area contributed by atoms with Crippen molar-refractivity contribution in [2.24, 2.45) is 5.92 Å². The standard InChI is InChI=1S/C17H28N3O5/c1-5-24-15(22)14(17(2,3)25-11-21)20-9-7-12-6-8-19(10-13(12)20)16(23)18-4/h12-14H,5-10H2,1-4H3,(H,18,23)/t12?,13?,14-/m1/s1. The van der Waals surface area contributed by atoms with Gasteiger partial charge in [-0.25, -0.2) is 9.59 Å². The summed E-state index contributed by atoms with van der Waals surface area (Å²) >= 11 is 0. The number of amides is 2. The van der Waals surface area contributed by atoms with Crippen molar-refractivity contribution < 1.29 is 23.9 Å². The summed E-state index contributed by atoms with van der Waals surface area (Å²) in [5.41, 5.74) is -1.07. The Hall–Kier alpha value is -1.83. The van der Waals surface area contributed by atoms with E-state index in [-0.39, 0.29) is 18.7 Å². The van der Waals surface area contributed by atoms with Crippen LogP contribution in [-0.2, 0) is 19.1 Å². The monoisotopic (exact) mass is 354 g/mol. The van der Waals surface area contributed by atoms with Crippen LogP contribution in [0.15, 0.2) is 0 Å². The van der Waals surface area contributed by atoms with Gasteiger partial charge in [-0.1, -0.05) is 0 Å². The zero-order valence-corrected chi connectivity index (χ0v) is 15.4. The first-order valence-electron chi connectivity index (χ1n) is 8.79. The summed E-state index contributed by atoms with van der Waals surface area (Å²) in [7, 11) is 1.61. The van der Waals surface area contributed by atoms with Crippen molar-refractivity contribution in [2.45, 2.75) is 51.3 Å². The van der Waals surface area contributed by atoms with Crippen molar-refractivity contribution >= 4 is 18.5 Å². The molecule has 1 radical (unpaired) electrons. The minimum absolute atomic E-state index is 0.0370. The summed E-state index contributed by atoms with van der Waals surface area (Å²) in [6, 6.07) is -0.807. The third-order valence-electron chi connectivity index (χ3n) is 5.21. The average Bonchev–Trinajstić information content (AvgIpc) is 2.97. The maximum Gasteiger partial charge on any atom is 0.418 e. The molecule has 141 valence electrons. The number of rotatable bonds is 6. The third kappa shape index (κ3) is 4.05. The predicted molar refractivity (Wildman–Crippen MR) is 90.5 cm³/mol. The molecule has 0 aliphatic carbocycles. The fourth-order valence-corrected chi connectivity index (χ4v) is 4.04. The van der Waals surface area contributed by atoms with Gasteiger partial charge in [-0.15, -0.1) is 0 Å². The van der Waals surface area contributed by atoms with Crippen LogP contribution in [0.25, 0.3) is 0 Å².